The molecule has 2 aliphatic rings. The first-order chi connectivity index (χ1) is 17.8. The molecule has 3 aromatic heterocycles. The van der Waals surface area contributed by atoms with E-state index in [-0.39, 0.29) is 24.4 Å². The lowest BCUT2D eigenvalue weighted by molar-refractivity contribution is 0.101. The SMILES string of the molecule is CC(=O)c1c(C)c2cnc(Nc3ccc(N4CCN(C)CC4)nc3)nc2n(C2CCCC2)c1=O.CCC.[HH]. The fourth-order valence-electron chi connectivity index (χ4n) is 5.12. The van der Waals surface area contributed by atoms with Crippen LogP contribution in [0, 0.1) is 6.92 Å². The van der Waals surface area contributed by atoms with Gasteiger partial charge >= 0.3 is 0 Å². The number of aryl methyl sites for hydroxylation is 1. The van der Waals surface area contributed by atoms with Crippen molar-refractivity contribution in [2.45, 2.75) is 65.8 Å². The van der Waals surface area contributed by atoms with Crippen LogP contribution in [-0.4, -0.2) is 63.4 Å². The van der Waals surface area contributed by atoms with E-state index in [4.69, 9.17) is 4.98 Å². The highest BCUT2D eigenvalue weighted by Gasteiger charge is 2.26. The number of fused-ring (bicyclic) bond motifs is 1. The van der Waals surface area contributed by atoms with Gasteiger partial charge < -0.3 is 15.1 Å². The molecule has 1 aliphatic heterocycles. The maximum atomic E-state index is 13.4. The lowest BCUT2D eigenvalue weighted by Gasteiger charge is -2.33. The Morgan fingerprint density at radius 2 is 1.76 bits per heavy atom. The Kier molecular flexibility index (Phi) is 8.53. The van der Waals surface area contributed by atoms with E-state index in [9.17, 15) is 9.59 Å². The van der Waals surface area contributed by atoms with Crippen LogP contribution in [0.2, 0.25) is 0 Å². The number of piperazine rings is 1. The Morgan fingerprint density at radius 1 is 1.08 bits per heavy atom. The molecule has 0 atom stereocenters. The smallest absolute Gasteiger partial charge is 0.263 e. The molecule has 0 amide bonds. The number of hydrogen-bond acceptors (Lipinski definition) is 8. The number of Topliss-reactive ketones (excluding diaryl/α,β-unsaturated/α-hetero) is 1. The topological polar surface area (TPSA) is 96.2 Å². The van der Waals surface area contributed by atoms with Gasteiger partial charge in [-0.3, -0.25) is 14.2 Å². The molecule has 3 aromatic rings. The van der Waals surface area contributed by atoms with Crippen molar-refractivity contribution in [1.82, 2.24) is 24.4 Å². The molecule has 2 fully saturated rings. The highest BCUT2D eigenvalue weighted by atomic mass is 16.1. The van der Waals surface area contributed by atoms with Crippen LogP contribution in [-0.2, 0) is 0 Å². The predicted octanol–water partition coefficient (Wildman–Crippen LogP) is 4.97. The number of aromatic nitrogens is 4. The molecule has 1 N–H and O–H groups in total. The van der Waals surface area contributed by atoms with Crippen molar-refractivity contribution in [2.75, 3.05) is 43.4 Å². The average molecular weight is 508 g/mol. The van der Waals surface area contributed by atoms with Gasteiger partial charge in [0.2, 0.25) is 5.95 Å². The van der Waals surface area contributed by atoms with E-state index >= 15 is 0 Å². The summed E-state index contributed by atoms with van der Waals surface area (Å²) in [6.45, 7) is 11.5. The van der Waals surface area contributed by atoms with E-state index in [1.807, 2.05) is 12.1 Å². The summed E-state index contributed by atoms with van der Waals surface area (Å²) >= 11 is 0. The maximum Gasteiger partial charge on any atom is 0.263 e. The molecular weight excluding hydrogens is 466 g/mol. The molecule has 1 saturated carbocycles. The van der Waals surface area contributed by atoms with Gasteiger partial charge in [0.25, 0.3) is 5.56 Å². The summed E-state index contributed by atoms with van der Waals surface area (Å²) in [5.74, 6) is 1.15. The van der Waals surface area contributed by atoms with Gasteiger partial charge in [-0.15, -0.1) is 0 Å². The van der Waals surface area contributed by atoms with Gasteiger partial charge in [-0.25, -0.2) is 9.97 Å². The Morgan fingerprint density at radius 3 is 2.35 bits per heavy atom. The molecule has 200 valence electrons. The van der Waals surface area contributed by atoms with Gasteiger partial charge in [0.15, 0.2) is 5.78 Å². The second-order valence-corrected chi connectivity index (χ2v) is 10.1. The molecular formula is C28H41N7O2. The van der Waals surface area contributed by atoms with Gasteiger partial charge in [0.05, 0.1) is 17.4 Å². The number of nitrogens with zero attached hydrogens (tertiary/aromatic N) is 6. The fraction of sp³-hybridized carbons (Fsp3) is 0.536. The molecule has 1 aliphatic carbocycles. The molecule has 37 heavy (non-hydrogen) atoms. The summed E-state index contributed by atoms with van der Waals surface area (Å²) in [6.07, 6.45) is 8.73. The number of rotatable bonds is 5. The van der Waals surface area contributed by atoms with Gasteiger partial charge in [-0.2, -0.15) is 4.98 Å². The minimum absolute atomic E-state index is 0. The largest absolute Gasteiger partial charge is 0.354 e. The van der Waals surface area contributed by atoms with Gasteiger partial charge in [-0.1, -0.05) is 33.1 Å². The highest BCUT2D eigenvalue weighted by molar-refractivity contribution is 5.99. The quantitative estimate of drug-likeness (QED) is 0.484. The van der Waals surface area contributed by atoms with E-state index in [0.29, 0.717) is 17.2 Å². The third-order valence-electron chi connectivity index (χ3n) is 7.08. The monoisotopic (exact) mass is 507 g/mol. The first-order valence-corrected chi connectivity index (χ1v) is 13.4. The number of carbonyl (C=O) groups excluding carboxylic acids is 1. The number of likely N-dealkylation sites (N-methyl/N-ethyl adjacent to an activating group) is 1. The zero-order valence-corrected chi connectivity index (χ0v) is 22.8. The standard InChI is InChI=1S/C25H31N7O2.C3H8.H2/c1-16-20-15-27-25(28-18-8-9-21(26-14-18)31-12-10-30(3)11-13-31)29-23(20)32(19-6-4-5-7-19)24(34)22(16)17(2)33;1-3-2;/h8-9,14-15,19H,4-7,10-13H2,1-3H3,(H,27,28,29);3H2,1-2H3;1H. The molecule has 1 saturated heterocycles. The van der Waals surface area contributed by atoms with Gasteiger partial charge in [0, 0.05) is 45.2 Å². The second-order valence-electron chi connectivity index (χ2n) is 10.1. The van der Waals surface area contributed by atoms with Crippen molar-refractivity contribution in [3.63, 3.8) is 0 Å². The third-order valence-corrected chi connectivity index (χ3v) is 7.08. The van der Waals surface area contributed by atoms with Crippen molar-refractivity contribution in [2.24, 2.45) is 0 Å². The molecule has 4 heterocycles. The molecule has 0 spiro atoms. The maximum absolute atomic E-state index is 13.4. The Labute approximate surface area is 220 Å². The van der Waals surface area contributed by atoms with Crippen molar-refractivity contribution >= 4 is 34.3 Å². The normalized spacial score (nSPS) is 16.5. The summed E-state index contributed by atoms with van der Waals surface area (Å²) in [5.41, 5.74) is 2.01. The number of pyridine rings is 2. The van der Waals surface area contributed by atoms with Crippen molar-refractivity contribution in [3.05, 3.63) is 46.0 Å². The van der Waals surface area contributed by atoms with E-state index in [1.54, 1.807) is 23.9 Å². The molecule has 0 aromatic carbocycles. The highest BCUT2D eigenvalue weighted by Crippen LogP contribution is 2.32. The Bertz CT molecular complexity index is 1300. The zero-order chi connectivity index (χ0) is 26.5. The molecule has 0 bridgehead atoms. The Hall–Kier alpha value is -3.33. The number of ketones is 1. The Balaban J connectivity index is 0.000000956. The van der Waals surface area contributed by atoms with E-state index < -0.39 is 0 Å². The van der Waals surface area contributed by atoms with Crippen LogP contribution in [0.25, 0.3) is 11.0 Å². The number of anilines is 3. The van der Waals surface area contributed by atoms with E-state index in [1.165, 1.54) is 13.3 Å². The fourth-order valence-corrected chi connectivity index (χ4v) is 5.12. The summed E-state index contributed by atoms with van der Waals surface area (Å²) in [4.78, 5) is 44.1. The lowest BCUT2D eigenvalue weighted by Crippen LogP contribution is -2.44. The van der Waals surface area contributed by atoms with Crippen LogP contribution in [0.15, 0.2) is 29.3 Å². The van der Waals surface area contributed by atoms with Crippen molar-refractivity contribution in [1.29, 1.82) is 0 Å². The molecule has 9 nitrogen and oxygen atoms in total. The minimum Gasteiger partial charge on any atom is -0.354 e. The second kappa shape index (κ2) is 11.8. The van der Waals surface area contributed by atoms with Crippen LogP contribution >= 0.6 is 0 Å². The molecule has 9 heteroatoms. The number of nitrogens with one attached hydrogen (secondary N) is 1. The summed E-state index contributed by atoms with van der Waals surface area (Å²) < 4.78 is 1.73. The first kappa shape index (κ1) is 26.7. The lowest BCUT2D eigenvalue weighted by atomic mass is 10.0. The summed E-state index contributed by atoms with van der Waals surface area (Å²) in [5, 5.41) is 3.98. The van der Waals surface area contributed by atoms with Crippen LogP contribution in [0.4, 0.5) is 17.5 Å². The third kappa shape index (κ3) is 5.82. The van der Waals surface area contributed by atoms with Crippen LogP contribution in [0.3, 0.4) is 0 Å². The van der Waals surface area contributed by atoms with Gasteiger partial charge in [0.1, 0.15) is 11.5 Å². The van der Waals surface area contributed by atoms with Gasteiger partial charge in [-0.05, 0) is 51.4 Å². The van der Waals surface area contributed by atoms with E-state index in [2.05, 4.69) is 46.0 Å². The summed E-state index contributed by atoms with van der Waals surface area (Å²) in [6, 6.07) is 4.04. The summed E-state index contributed by atoms with van der Waals surface area (Å²) in [7, 11) is 2.13. The molecule has 0 radical (unpaired) electrons. The first-order valence-electron chi connectivity index (χ1n) is 13.4. The molecule has 5 rings (SSSR count). The number of hydrogen-bond donors (Lipinski definition) is 1. The van der Waals surface area contributed by atoms with Crippen molar-refractivity contribution < 1.29 is 6.22 Å². The van der Waals surface area contributed by atoms with E-state index in [0.717, 1.165) is 68.8 Å². The van der Waals surface area contributed by atoms with Crippen LogP contribution < -0.4 is 15.8 Å². The zero-order valence-electron chi connectivity index (χ0n) is 22.8. The minimum atomic E-state index is -0.243. The molecule has 0 unspecified atom stereocenters. The number of carbonyl (C=O) groups is 1. The van der Waals surface area contributed by atoms with Crippen molar-refractivity contribution in [3.8, 4) is 0 Å². The average Bonchev–Trinajstić information content (AvgIpc) is 3.40. The predicted molar refractivity (Wildman–Crippen MR) is 151 cm³/mol. The van der Waals surface area contributed by atoms with Crippen LogP contribution in [0.1, 0.15) is 76.3 Å². The van der Waals surface area contributed by atoms with Crippen LogP contribution in [0.5, 0.6) is 0 Å².